The zero-order valence-electron chi connectivity index (χ0n) is 13.9. The predicted octanol–water partition coefficient (Wildman–Crippen LogP) is 1.50. The molecule has 138 valence electrons. The van der Waals surface area contributed by atoms with Crippen molar-refractivity contribution in [3.05, 3.63) is 0 Å². The Morgan fingerprint density at radius 3 is 2.29 bits per heavy atom. The molecule has 0 saturated carbocycles. The number of hydroxylamine groups is 2. The van der Waals surface area contributed by atoms with Gasteiger partial charge in [0.1, 0.15) is 0 Å². The highest BCUT2D eigenvalue weighted by molar-refractivity contribution is 6.03. The second-order valence-corrected chi connectivity index (χ2v) is 6.49. The van der Waals surface area contributed by atoms with Crippen LogP contribution in [-0.2, 0) is 14.4 Å². The Kier molecular flexibility index (Phi) is 8.35. The van der Waals surface area contributed by atoms with Crippen LogP contribution >= 0.6 is 0 Å². The molecule has 2 aliphatic rings. The van der Waals surface area contributed by atoms with Crippen molar-refractivity contribution in [2.24, 2.45) is 5.92 Å². The number of carbonyl (C=O) groups excluding carboxylic acids is 3. The second-order valence-electron chi connectivity index (χ2n) is 6.49. The molecule has 2 heterocycles. The number of likely N-dealkylation sites (tertiary alicyclic amines) is 1. The molecule has 24 heavy (non-hydrogen) atoms. The SMILES string of the molecule is C.CC1CC(=O)N(CCCCCCC(=O)N2CCN(O)CC2)C1=O. The molecule has 2 saturated heterocycles. The van der Waals surface area contributed by atoms with Crippen molar-refractivity contribution in [3.63, 3.8) is 0 Å². The third-order valence-electron chi connectivity index (χ3n) is 4.60. The van der Waals surface area contributed by atoms with Crippen LogP contribution in [0.1, 0.15) is 52.9 Å². The molecule has 0 bridgehead atoms. The van der Waals surface area contributed by atoms with Crippen molar-refractivity contribution in [1.82, 2.24) is 14.9 Å². The minimum atomic E-state index is -0.167. The maximum absolute atomic E-state index is 12.0. The normalized spacial score (nSPS) is 22.0. The predicted molar refractivity (Wildman–Crippen MR) is 90.3 cm³/mol. The quantitative estimate of drug-likeness (QED) is 0.561. The lowest BCUT2D eigenvalue weighted by Crippen LogP contribution is -2.47. The van der Waals surface area contributed by atoms with Gasteiger partial charge in [-0.15, -0.1) is 0 Å². The van der Waals surface area contributed by atoms with Gasteiger partial charge in [0.25, 0.3) is 0 Å². The van der Waals surface area contributed by atoms with E-state index in [9.17, 15) is 19.6 Å². The van der Waals surface area contributed by atoms with Gasteiger partial charge in [-0.2, -0.15) is 5.06 Å². The molecule has 3 amide bonds. The highest BCUT2D eigenvalue weighted by Crippen LogP contribution is 2.19. The van der Waals surface area contributed by atoms with E-state index in [2.05, 4.69) is 0 Å². The Labute approximate surface area is 144 Å². The van der Waals surface area contributed by atoms with Crippen LogP contribution in [0.2, 0.25) is 0 Å². The van der Waals surface area contributed by atoms with Crippen molar-refractivity contribution in [3.8, 4) is 0 Å². The van der Waals surface area contributed by atoms with E-state index in [4.69, 9.17) is 0 Å². The molecular formula is C17H31N3O4. The minimum Gasteiger partial charge on any atom is -0.340 e. The van der Waals surface area contributed by atoms with Gasteiger partial charge in [0.15, 0.2) is 0 Å². The fraction of sp³-hybridized carbons (Fsp3) is 0.824. The molecule has 7 nitrogen and oxygen atoms in total. The van der Waals surface area contributed by atoms with Crippen LogP contribution < -0.4 is 0 Å². The standard InChI is InChI=1S/C16H27N3O4.CH4/c1-13-12-15(21)19(16(13)22)7-5-3-2-4-6-14(20)17-8-10-18(23)11-9-17;/h13,23H,2-12H2,1H3;1H4. The van der Waals surface area contributed by atoms with Gasteiger partial charge in [0.2, 0.25) is 17.7 Å². The summed E-state index contributed by atoms with van der Waals surface area (Å²) in [6, 6.07) is 0. The molecule has 2 aliphatic heterocycles. The number of hydrogen-bond acceptors (Lipinski definition) is 5. The first kappa shape index (κ1) is 20.6. The third kappa shape index (κ3) is 5.56. The fourth-order valence-electron chi connectivity index (χ4n) is 3.09. The number of piperazine rings is 1. The van der Waals surface area contributed by atoms with Gasteiger partial charge in [-0.25, -0.2) is 0 Å². The van der Waals surface area contributed by atoms with Crippen LogP contribution in [0.15, 0.2) is 0 Å². The first-order valence-corrected chi connectivity index (χ1v) is 8.55. The largest absolute Gasteiger partial charge is 0.340 e. The van der Waals surface area contributed by atoms with Crippen molar-refractivity contribution >= 4 is 17.7 Å². The van der Waals surface area contributed by atoms with E-state index in [1.54, 1.807) is 11.8 Å². The van der Waals surface area contributed by atoms with Crippen molar-refractivity contribution in [1.29, 1.82) is 0 Å². The molecule has 0 spiro atoms. The molecule has 7 heteroatoms. The zero-order chi connectivity index (χ0) is 16.8. The summed E-state index contributed by atoms with van der Waals surface area (Å²) in [6.07, 6.45) is 4.36. The number of unbranched alkanes of at least 4 members (excludes halogenated alkanes) is 3. The summed E-state index contributed by atoms with van der Waals surface area (Å²) in [7, 11) is 0. The van der Waals surface area contributed by atoms with Gasteiger partial charge < -0.3 is 10.1 Å². The molecule has 0 aromatic carbocycles. The summed E-state index contributed by atoms with van der Waals surface area (Å²) >= 11 is 0. The van der Waals surface area contributed by atoms with Gasteiger partial charge in [0, 0.05) is 51.5 Å². The van der Waals surface area contributed by atoms with Gasteiger partial charge >= 0.3 is 0 Å². The third-order valence-corrected chi connectivity index (χ3v) is 4.60. The zero-order valence-corrected chi connectivity index (χ0v) is 13.9. The van der Waals surface area contributed by atoms with Crippen LogP contribution in [0.25, 0.3) is 0 Å². The Balaban J connectivity index is 0.00000288. The maximum Gasteiger partial charge on any atom is 0.232 e. The van der Waals surface area contributed by atoms with E-state index >= 15 is 0 Å². The summed E-state index contributed by atoms with van der Waals surface area (Å²) in [5.41, 5.74) is 0. The van der Waals surface area contributed by atoms with Gasteiger partial charge in [0.05, 0.1) is 0 Å². The molecule has 0 aliphatic carbocycles. The molecule has 1 N–H and O–H groups in total. The summed E-state index contributed by atoms with van der Waals surface area (Å²) in [5, 5.41) is 10.5. The fourth-order valence-corrected chi connectivity index (χ4v) is 3.09. The summed E-state index contributed by atoms with van der Waals surface area (Å²) in [5.74, 6) is -0.120. The number of carbonyl (C=O) groups is 3. The smallest absolute Gasteiger partial charge is 0.232 e. The average Bonchev–Trinajstić information content (AvgIpc) is 2.77. The number of rotatable bonds is 7. The lowest BCUT2D eigenvalue weighted by Gasteiger charge is -2.31. The molecule has 0 aromatic rings. The van der Waals surface area contributed by atoms with E-state index < -0.39 is 0 Å². The number of nitrogens with zero attached hydrogens (tertiary/aromatic N) is 3. The first-order chi connectivity index (χ1) is 11.0. The lowest BCUT2D eigenvalue weighted by molar-refractivity contribution is -0.146. The Morgan fingerprint density at radius 2 is 1.71 bits per heavy atom. The van der Waals surface area contributed by atoms with E-state index in [-0.39, 0.29) is 31.1 Å². The highest BCUT2D eigenvalue weighted by atomic mass is 16.5. The topological polar surface area (TPSA) is 81.2 Å². The average molecular weight is 341 g/mol. The molecule has 0 aromatic heterocycles. The Hall–Kier alpha value is -1.47. The summed E-state index contributed by atoms with van der Waals surface area (Å²) in [4.78, 5) is 38.6. The monoisotopic (exact) mass is 341 g/mol. The Bertz CT molecular complexity index is 447. The van der Waals surface area contributed by atoms with Crippen LogP contribution in [-0.4, -0.2) is 70.5 Å². The van der Waals surface area contributed by atoms with E-state index in [0.29, 0.717) is 45.6 Å². The lowest BCUT2D eigenvalue weighted by atomic mass is 10.1. The van der Waals surface area contributed by atoms with E-state index in [0.717, 1.165) is 25.7 Å². The number of amides is 3. The molecule has 1 unspecified atom stereocenters. The van der Waals surface area contributed by atoms with Crippen molar-refractivity contribution < 1.29 is 19.6 Å². The second kappa shape index (κ2) is 9.74. The number of hydrogen-bond donors (Lipinski definition) is 1. The van der Waals surface area contributed by atoms with Crippen molar-refractivity contribution in [2.45, 2.75) is 52.9 Å². The molecular weight excluding hydrogens is 310 g/mol. The maximum atomic E-state index is 12.0. The van der Waals surface area contributed by atoms with Crippen LogP contribution in [0.5, 0.6) is 0 Å². The minimum absolute atomic E-state index is 0. The Morgan fingerprint density at radius 1 is 1.08 bits per heavy atom. The van der Waals surface area contributed by atoms with Gasteiger partial charge in [-0.3, -0.25) is 19.3 Å². The van der Waals surface area contributed by atoms with E-state index in [1.165, 1.54) is 9.96 Å². The summed E-state index contributed by atoms with van der Waals surface area (Å²) < 4.78 is 0. The summed E-state index contributed by atoms with van der Waals surface area (Å²) in [6.45, 7) is 4.51. The molecule has 1 atom stereocenters. The van der Waals surface area contributed by atoms with Crippen LogP contribution in [0.3, 0.4) is 0 Å². The first-order valence-electron chi connectivity index (χ1n) is 8.55. The van der Waals surface area contributed by atoms with Gasteiger partial charge in [-0.1, -0.05) is 27.2 Å². The molecule has 2 rings (SSSR count). The van der Waals surface area contributed by atoms with Crippen molar-refractivity contribution in [2.75, 3.05) is 32.7 Å². The van der Waals surface area contributed by atoms with Crippen LogP contribution in [0, 0.1) is 5.92 Å². The highest BCUT2D eigenvalue weighted by Gasteiger charge is 2.34. The van der Waals surface area contributed by atoms with E-state index in [1.807, 2.05) is 0 Å². The van der Waals surface area contributed by atoms with Gasteiger partial charge in [-0.05, 0) is 12.8 Å². The number of imide groups is 1. The molecule has 0 radical (unpaired) electrons. The molecule has 2 fully saturated rings. The van der Waals surface area contributed by atoms with Crippen LogP contribution in [0.4, 0.5) is 0 Å².